The van der Waals surface area contributed by atoms with Crippen LogP contribution in [0.15, 0.2) is 33.7 Å². The molecule has 1 aliphatic rings. The van der Waals surface area contributed by atoms with Crippen LogP contribution < -0.4 is 10.6 Å². The quantitative estimate of drug-likeness (QED) is 0.615. The Balaban J connectivity index is 1.64. The molecular formula is C19H25F3N4O. The number of hydrogen-bond donors (Lipinski definition) is 2. The van der Waals surface area contributed by atoms with Crippen LogP contribution in [0.25, 0.3) is 11.0 Å². The lowest BCUT2D eigenvalue weighted by atomic mass is 10.1. The summed E-state index contributed by atoms with van der Waals surface area (Å²) in [4.78, 5) is 5.98. The van der Waals surface area contributed by atoms with E-state index in [1.165, 1.54) is 4.90 Å². The molecule has 1 aliphatic heterocycles. The molecule has 8 heteroatoms. The maximum Gasteiger partial charge on any atom is 0.401 e. The summed E-state index contributed by atoms with van der Waals surface area (Å²) in [5, 5.41) is 7.47. The Morgan fingerprint density at radius 2 is 2.11 bits per heavy atom. The number of hydrogen-bond acceptors (Lipinski definition) is 3. The first-order valence-corrected chi connectivity index (χ1v) is 9.16. The van der Waals surface area contributed by atoms with E-state index in [9.17, 15) is 13.2 Å². The van der Waals surface area contributed by atoms with E-state index in [1.807, 2.05) is 38.1 Å². The number of alkyl halides is 3. The standard InChI is InChI=1S/C19H25F3N4O/c1-3-23-18(25-14-8-9-26(11-14)12-19(20,21)22)24-10-17-13(2)15-6-4-5-7-16(15)27-17/h4-7,14H,3,8-12H2,1-2H3,(H2,23,24,25). The van der Waals surface area contributed by atoms with Gasteiger partial charge in [0.15, 0.2) is 5.96 Å². The SMILES string of the molecule is CCNC(=NCc1oc2ccccc2c1C)NC1CCN(CC(F)(F)F)C1. The van der Waals surface area contributed by atoms with Crippen molar-refractivity contribution < 1.29 is 17.6 Å². The first kappa shape index (κ1) is 19.5. The Morgan fingerprint density at radius 3 is 2.81 bits per heavy atom. The van der Waals surface area contributed by atoms with Crippen molar-refractivity contribution >= 4 is 16.9 Å². The average Bonchev–Trinajstić information content (AvgIpc) is 3.16. The van der Waals surface area contributed by atoms with Gasteiger partial charge in [-0.25, -0.2) is 4.99 Å². The number of nitrogens with one attached hydrogen (secondary N) is 2. The van der Waals surface area contributed by atoms with Crippen molar-refractivity contribution in [3.05, 3.63) is 35.6 Å². The second kappa shape index (κ2) is 8.21. The van der Waals surface area contributed by atoms with E-state index in [2.05, 4.69) is 15.6 Å². The van der Waals surface area contributed by atoms with Gasteiger partial charge in [-0.15, -0.1) is 0 Å². The number of para-hydroxylation sites is 1. The summed E-state index contributed by atoms with van der Waals surface area (Å²) in [5.41, 5.74) is 1.89. The molecule has 0 spiro atoms. The van der Waals surface area contributed by atoms with Crippen LogP contribution in [-0.4, -0.2) is 49.3 Å². The molecule has 2 N–H and O–H groups in total. The normalized spacial score (nSPS) is 19.0. The molecule has 27 heavy (non-hydrogen) atoms. The molecule has 1 unspecified atom stereocenters. The number of guanidine groups is 1. The van der Waals surface area contributed by atoms with E-state index < -0.39 is 12.7 Å². The van der Waals surface area contributed by atoms with Crippen LogP contribution in [0.5, 0.6) is 0 Å². The lowest BCUT2D eigenvalue weighted by Gasteiger charge is -2.19. The van der Waals surface area contributed by atoms with Gasteiger partial charge in [-0.1, -0.05) is 18.2 Å². The van der Waals surface area contributed by atoms with Gasteiger partial charge in [-0.3, -0.25) is 4.90 Å². The zero-order chi connectivity index (χ0) is 19.4. The first-order chi connectivity index (χ1) is 12.9. The summed E-state index contributed by atoms with van der Waals surface area (Å²) < 4.78 is 43.5. The molecule has 0 saturated carbocycles. The van der Waals surface area contributed by atoms with Crippen molar-refractivity contribution in [2.24, 2.45) is 4.99 Å². The lowest BCUT2D eigenvalue weighted by molar-refractivity contribution is -0.143. The number of halogens is 3. The Labute approximate surface area is 156 Å². The minimum atomic E-state index is -4.16. The van der Waals surface area contributed by atoms with Crippen molar-refractivity contribution in [2.45, 2.75) is 39.0 Å². The number of likely N-dealkylation sites (tertiary alicyclic amines) is 1. The number of rotatable bonds is 5. The summed E-state index contributed by atoms with van der Waals surface area (Å²) in [6, 6.07) is 7.78. The van der Waals surface area contributed by atoms with Gasteiger partial charge in [0.25, 0.3) is 0 Å². The van der Waals surface area contributed by atoms with Crippen LogP contribution >= 0.6 is 0 Å². The number of furan rings is 1. The molecule has 0 bridgehead atoms. The van der Waals surface area contributed by atoms with E-state index in [0.29, 0.717) is 38.6 Å². The van der Waals surface area contributed by atoms with E-state index >= 15 is 0 Å². The van der Waals surface area contributed by atoms with Crippen molar-refractivity contribution in [1.82, 2.24) is 15.5 Å². The largest absolute Gasteiger partial charge is 0.459 e. The van der Waals surface area contributed by atoms with Crippen LogP contribution in [0.1, 0.15) is 24.7 Å². The minimum Gasteiger partial charge on any atom is -0.459 e. The molecule has 5 nitrogen and oxygen atoms in total. The highest BCUT2D eigenvalue weighted by atomic mass is 19.4. The topological polar surface area (TPSA) is 52.8 Å². The van der Waals surface area contributed by atoms with Gasteiger partial charge in [-0.2, -0.15) is 13.2 Å². The number of benzene rings is 1. The first-order valence-electron chi connectivity index (χ1n) is 9.16. The van der Waals surface area contributed by atoms with Gasteiger partial charge < -0.3 is 15.1 Å². The third-order valence-corrected chi connectivity index (χ3v) is 4.68. The Hall–Kier alpha value is -2.22. The number of nitrogens with zero attached hydrogens (tertiary/aromatic N) is 2. The van der Waals surface area contributed by atoms with Gasteiger partial charge in [0, 0.05) is 36.6 Å². The monoisotopic (exact) mass is 382 g/mol. The molecule has 1 atom stereocenters. The van der Waals surface area contributed by atoms with Gasteiger partial charge in [0.1, 0.15) is 17.9 Å². The molecule has 2 heterocycles. The fraction of sp³-hybridized carbons (Fsp3) is 0.526. The predicted octanol–water partition coefficient (Wildman–Crippen LogP) is 3.43. The zero-order valence-corrected chi connectivity index (χ0v) is 15.6. The molecule has 1 aromatic heterocycles. The highest BCUT2D eigenvalue weighted by molar-refractivity contribution is 5.82. The van der Waals surface area contributed by atoms with Gasteiger partial charge in [0.05, 0.1) is 6.54 Å². The van der Waals surface area contributed by atoms with Crippen LogP contribution in [0, 0.1) is 6.92 Å². The van der Waals surface area contributed by atoms with E-state index in [4.69, 9.17) is 4.42 Å². The van der Waals surface area contributed by atoms with Gasteiger partial charge in [-0.05, 0) is 26.3 Å². The molecule has 0 radical (unpaired) electrons. The molecule has 0 amide bonds. The summed E-state index contributed by atoms with van der Waals surface area (Å²) in [6.07, 6.45) is -3.50. The van der Waals surface area contributed by atoms with Crippen molar-refractivity contribution in [3.8, 4) is 0 Å². The Bertz CT molecular complexity index is 800. The van der Waals surface area contributed by atoms with Gasteiger partial charge in [0.2, 0.25) is 0 Å². The molecule has 1 aromatic carbocycles. The Morgan fingerprint density at radius 1 is 1.33 bits per heavy atom. The van der Waals surface area contributed by atoms with Crippen LogP contribution in [0.4, 0.5) is 13.2 Å². The van der Waals surface area contributed by atoms with Crippen molar-refractivity contribution in [1.29, 1.82) is 0 Å². The fourth-order valence-electron chi connectivity index (χ4n) is 3.39. The van der Waals surface area contributed by atoms with Crippen LogP contribution in [0.3, 0.4) is 0 Å². The van der Waals surface area contributed by atoms with Gasteiger partial charge >= 0.3 is 6.18 Å². The third-order valence-electron chi connectivity index (χ3n) is 4.68. The molecule has 1 fully saturated rings. The van der Waals surface area contributed by atoms with Crippen LogP contribution in [0.2, 0.25) is 0 Å². The number of fused-ring (bicyclic) bond motifs is 1. The zero-order valence-electron chi connectivity index (χ0n) is 15.6. The van der Waals surface area contributed by atoms with Crippen molar-refractivity contribution in [3.63, 3.8) is 0 Å². The fourth-order valence-corrected chi connectivity index (χ4v) is 3.39. The molecule has 2 aromatic rings. The minimum absolute atomic E-state index is 0.0538. The highest BCUT2D eigenvalue weighted by Crippen LogP contribution is 2.25. The number of aryl methyl sites for hydroxylation is 1. The second-order valence-corrected chi connectivity index (χ2v) is 6.82. The summed E-state index contributed by atoms with van der Waals surface area (Å²) in [6.45, 7) is 4.92. The van der Waals surface area contributed by atoms with Crippen LogP contribution in [-0.2, 0) is 6.54 Å². The average molecular weight is 382 g/mol. The Kier molecular flexibility index (Phi) is 5.94. The van der Waals surface area contributed by atoms with E-state index in [1.54, 1.807) is 0 Å². The molecular weight excluding hydrogens is 357 g/mol. The molecule has 1 saturated heterocycles. The molecule has 3 rings (SSSR count). The maximum absolute atomic E-state index is 12.5. The van der Waals surface area contributed by atoms with Crippen molar-refractivity contribution in [2.75, 3.05) is 26.2 Å². The lowest BCUT2D eigenvalue weighted by Crippen LogP contribution is -2.45. The van der Waals surface area contributed by atoms with E-state index in [0.717, 1.165) is 22.3 Å². The summed E-state index contributed by atoms with van der Waals surface area (Å²) in [5.74, 6) is 1.38. The third kappa shape index (κ3) is 5.15. The van der Waals surface area contributed by atoms with E-state index in [-0.39, 0.29) is 6.04 Å². The maximum atomic E-state index is 12.5. The second-order valence-electron chi connectivity index (χ2n) is 6.82. The highest BCUT2D eigenvalue weighted by Gasteiger charge is 2.34. The number of aliphatic imine (C=N–C) groups is 1. The summed E-state index contributed by atoms with van der Waals surface area (Å²) in [7, 11) is 0. The predicted molar refractivity (Wildman–Crippen MR) is 99.8 cm³/mol. The molecule has 148 valence electrons. The molecule has 0 aliphatic carbocycles. The smallest absolute Gasteiger partial charge is 0.401 e. The summed E-state index contributed by atoms with van der Waals surface area (Å²) >= 11 is 0.